The SMILES string of the molecule is C[C@@H](O)CN1CCN(C(=O)Cc2ccc(C(F)(F)F)cc2)CC1. The van der Waals surface area contributed by atoms with Crippen LogP contribution < -0.4 is 0 Å². The Labute approximate surface area is 133 Å². The van der Waals surface area contributed by atoms with E-state index < -0.39 is 17.8 Å². The third-order valence-corrected chi connectivity index (χ3v) is 3.88. The smallest absolute Gasteiger partial charge is 0.392 e. The van der Waals surface area contributed by atoms with E-state index in [1.54, 1.807) is 11.8 Å². The lowest BCUT2D eigenvalue weighted by molar-refractivity contribution is -0.137. The van der Waals surface area contributed by atoms with Crippen LogP contribution in [-0.2, 0) is 17.4 Å². The Balaban J connectivity index is 1.86. The van der Waals surface area contributed by atoms with Crippen molar-refractivity contribution in [2.24, 2.45) is 0 Å². The van der Waals surface area contributed by atoms with Crippen LogP contribution in [0.4, 0.5) is 13.2 Å². The number of rotatable bonds is 4. The van der Waals surface area contributed by atoms with Gasteiger partial charge in [0, 0.05) is 32.7 Å². The van der Waals surface area contributed by atoms with Gasteiger partial charge in [-0.05, 0) is 24.6 Å². The molecule has 0 bridgehead atoms. The van der Waals surface area contributed by atoms with Gasteiger partial charge in [0.15, 0.2) is 0 Å². The first kappa shape index (κ1) is 17.7. The number of benzene rings is 1. The molecule has 0 radical (unpaired) electrons. The fourth-order valence-corrected chi connectivity index (χ4v) is 2.65. The second kappa shape index (κ2) is 7.31. The molecule has 1 aliphatic rings. The van der Waals surface area contributed by atoms with Crippen molar-refractivity contribution in [2.75, 3.05) is 32.7 Å². The van der Waals surface area contributed by atoms with Crippen LogP contribution in [0.1, 0.15) is 18.1 Å². The molecule has 0 aromatic heterocycles. The number of hydrogen-bond donors (Lipinski definition) is 1. The van der Waals surface area contributed by atoms with E-state index in [0.29, 0.717) is 38.3 Å². The predicted molar refractivity (Wildman–Crippen MR) is 79.8 cm³/mol. The Hall–Kier alpha value is -1.60. The Bertz CT molecular complexity index is 521. The highest BCUT2D eigenvalue weighted by Gasteiger charge is 2.30. The third kappa shape index (κ3) is 5.21. The number of alkyl halides is 3. The van der Waals surface area contributed by atoms with Gasteiger partial charge in [-0.2, -0.15) is 13.2 Å². The molecule has 1 aromatic rings. The van der Waals surface area contributed by atoms with Crippen LogP contribution in [0, 0.1) is 0 Å². The molecule has 1 aliphatic heterocycles. The number of aliphatic hydroxyl groups is 1. The molecule has 1 saturated heterocycles. The summed E-state index contributed by atoms with van der Waals surface area (Å²) in [5.74, 6) is -0.0820. The van der Waals surface area contributed by atoms with Gasteiger partial charge in [-0.25, -0.2) is 0 Å². The highest BCUT2D eigenvalue weighted by atomic mass is 19.4. The maximum atomic E-state index is 12.5. The van der Waals surface area contributed by atoms with Gasteiger partial charge in [0.1, 0.15) is 0 Å². The quantitative estimate of drug-likeness (QED) is 0.915. The molecule has 2 rings (SSSR count). The van der Waals surface area contributed by atoms with Gasteiger partial charge in [0.25, 0.3) is 0 Å². The van der Waals surface area contributed by atoms with E-state index in [1.165, 1.54) is 12.1 Å². The summed E-state index contributed by atoms with van der Waals surface area (Å²) in [5.41, 5.74) is -0.130. The number of amides is 1. The molecule has 1 fully saturated rings. The highest BCUT2D eigenvalue weighted by Crippen LogP contribution is 2.29. The molecule has 0 aliphatic carbocycles. The van der Waals surface area contributed by atoms with Crippen LogP contribution in [0.2, 0.25) is 0 Å². The van der Waals surface area contributed by atoms with Crippen molar-refractivity contribution >= 4 is 5.91 Å². The van der Waals surface area contributed by atoms with E-state index in [9.17, 15) is 23.1 Å². The average molecular weight is 330 g/mol. The first-order valence-corrected chi connectivity index (χ1v) is 7.60. The molecular weight excluding hydrogens is 309 g/mol. The fourth-order valence-electron chi connectivity index (χ4n) is 2.65. The molecule has 1 heterocycles. The summed E-state index contributed by atoms with van der Waals surface area (Å²) in [6.45, 7) is 4.86. The third-order valence-electron chi connectivity index (χ3n) is 3.88. The molecule has 1 atom stereocenters. The van der Waals surface area contributed by atoms with Gasteiger partial charge >= 0.3 is 6.18 Å². The van der Waals surface area contributed by atoms with E-state index in [4.69, 9.17) is 0 Å². The average Bonchev–Trinajstić information content (AvgIpc) is 2.47. The maximum Gasteiger partial charge on any atom is 0.416 e. The summed E-state index contributed by atoms with van der Waals surface area (Å²) in [4.78, 5) is 16.0. The lowest BCUT2D eigenvalue weighted by Gasteiger charge is -2.35. The Morgan fingerprint density at radius 2 is 1.74 bits per heavy atom. The second-order valence-electron chi connectivity index (χ2n) is 5.90. The zero-order valence-corrected chi connectivity index (χ0v) is 13.0. The van der Waals surface area contributed by atoms with Crippen molar-refractivity contribution in [3.63, 3.8) is 0 Å². The van der Waals surface area contributed by atoms with Gasteiger partial charge in [0.05, 0.1) is 18.1 Å². The molecular formula is C16H21F3N2O2. The van der Waals surface area contributed by atoms with Gasteiger partial charge < -0.3 is 10.0 Å². The molecule has 1 N–H and O–H groups in total. The lowest BCUT2D eigenvalue weighted by atomic mass is 10.1. The van der Waals surface area contributed by atoms with Crippen LogP contribution in [0.15, 0.2) is 24.3 Å². The van der Waals surface area contributed by atoms with E-state index >= 15 is 0 Å². The van der Waals surface area contributed by atoms with Gasteiger partial charge in [-0.1, -0.05) is 12.1 Å². The number of aliphatic hydroxyl groups excluding tert-OH is 1. The largest absolute Gasteiger partial charge is 0.416 e. The number of nitrogens with zero attached hydrogens (tertiary/aromatic N) is 2. The molecule has 128 valence electrons. The standard InChI is InChI=1S/C16H21F3N2O2/c1-12(22)11-20-6-8-21(9-7-20)15(23)10-13-2-4-14(5-3-13)16(17,18)19/h2-5,12,22H,6-11H2,1H3/t12-/m1/s1. The Morgan fingerprint density at radius 3 is 2.22 bits per heavy atom. The number of carbonyl (C=O) groups is 1. The van der Waals surface area contributed by atoms with Crippen molar-refractivity contribution in [3.05, 3.63) is 35.4 Å². The number of β-amino-alcohol motifs (C(OH)–C–C–N with tert-alkyl or cyclic N) is 1. The van der Waals surface area contributed by atoms with Gasteiger partial charge in [-0.15, -0.1) is 0 Å². The van der Waals surface area contributed by atoms with Gasteiger partial charge in [0.2, 0.25) is 5.91 Å². The maximum absolute atomic E-state index is 12.5. The van der Waals surface area contributed by atoms with E-state index in [1.807, 2.05) is 0 Å². The van der Waals surface area contributed by atoms with E-state index in [-0.39, 0.29) is 12.3 Å². The summed E-state index contributed by atoms with van der Waals surface area (Å²) >= 11 is 0. The minimum Gasteiger partial charge on any atom is -0.392 e. The van der Waals surface area contributed by atoms with Crippen molar-refractivity contribution in [3.8, 4) is 0 Å². The molecule has 23 heavy (non-hydrogen) atoms. The summed E-state index contributed by atoms with van der Waals surface area (Å²) in [6, 6.07) is 4.71. The minimum absolute atomic E-state index is 0.0820. The topological polar surface area (TPSA) is 43.8 Å². The van der Waals surface area contributed by atoms with Crippen LogP contribution in [0.25, 0.3) is 0 Å². The first-order chi connectivity index (χ1) is 10.8. The number of halogens is 3. The first-order valence-electron chi connectivity index (χ1n) is 7.60. The molecule has 4 nitrogen and oxygen atoms in total. The molecule has 7 heteroatoms. The number of piperazine rings is 1. The lowest BCUT2D eigenvalue weighted by Crippen LogP contribution is -2.50. The van der Waals surface area contributed by atoms with Crippen LogP contribution in [0.5, 0.6) is 0 Å². The molecule has 1 amide bonds. The predicted octanol–water partition coefficient (Wildman–Crippen LogP) is 1.77. The number of hydrogen-bond acceptors (Lipinski definition) is 3. The van der Waals surface area contributed by atoms with Crippen LogP contribution in [0.3, 0.4) is 0 Å². The van der Waals surface area contributed by atoms with Crippen molar-refractivity contribution < 1.29 is 23.1 Å². The number of carbonyl (C=O) groups excluding carboxylic acids is 1. The van der Waals surface area contributed by atoms with Crippen LogP contribution in [-0.4, -0.2) is 59.6 Å². The zero-order chi connectivity index (χ0) is 17.0. The fraction of sp³-hybridized carbons (Fsp3) is 0.562. The normalized spacial score (nSPS) is 18.0. The molecule has 1 aromatic carbocycles. The van der Waals surface area contributed by atoms with Crippen LogP contribution >= 0.6 is 0 Å². The Morgan fingerprint density at radius 1 is 1.17 bits per heavy atom. The monoisotopic (exact) mass is 330 g/mol. The van der Waals surface area contributed by atoms with E-state index in [0.717, 1.165) is 12.1 Å². The molecule has 0 saturated carbocycles. The Kier molecular flexibility index (Phi) is 5.64. The van der Waals surface area contributed by atoms with Crippen molar-refractivity contribution in [2.45, 2.75) is 25.6 Å². The zero-order valence-electron chi connectivity index (χ0n) is 13.0. The van der Waals surface area contributed by atoms with Gasteiger partial charge in [-0.3, -0.25) is 9.69 Å². The van der Waals surface area contributed by atoms with Crippen molar-refractivity contribution in [1.29, 1.82) is 0 Å². The summed E-state index contributed by atoms with van der Waals surface area (Å²) in [5, 5.41) is 9.35. The second-order valence-corrected chi connectivity index (χ2v) is 5.90. The summed E-state index contributed by atoms with van der Waals surface area (Å²) in [7, 11) is 0. The molecule has 0 spiro atoms. The van der Waals surface area contributed by atoms with E-state index in [2.05, 4.69) is 4.90 Å². The molecule has 0 unspecified atom stereocenters. The van der Waals surface area contributed by atoms with Crippen molar-refractivity contribution in [1.82, 2.24) is 9.80 Å². The highest BCUT2D eigenvalue weighted by molar-refractivity contribution is 5.78. The summed E-state index contributed by atoms with van der Waals surface area (Å²) < 4.78 is 37.5. The summed E-state index contributed by atoms with van der Waals surface area (Å²) in [6.07, 6.45) is -4.65. The minimum atomic E-state index is -4.36.